The van der Waals surface area contributed by atoms with Crippen LogP contribution in [0.3, 0.4) is 0 Å². The molecule has 4 heterocycles. The molecule has 1 amide bonds. The molecule has 1 aromatic carbocycles. The van der Waals surface area contributed by atoms with Crippen molar-refractivity contribution in [2.24, 2.45) is 0 Å². The third-order valence-corrected chi connectivity index (χ3v) is 8.83. The van der Waals surface area contributed by atoms with Gasteiger partial charge in [-0.15, -0.1) is 5.10 Å². The summed E-state index contributed by atoms with van der Waals surface area (Å²) < 4.78 is 56.7. The fraction of sp³-hybridized carbons (Fsp3) is 0.424. The van der Waals surface area contributed by atoms with Crippen molar-refractivity contribution in [2.45, 2.75) is 64.7 Å². The minimum absolute atomic E-state index is 0.113. The maximum atomic E-state index is 14.6. The number of hydrogen-bond donors (Lipinski definition) is 2. The largest absolute Gasteiger partial charge is 0.506 e. The van der Waals surface area contributed by atoms with Crippen LogP contribution in [0.25, 0.3) is 11.4 Å². The number of hydrogen-bond acceptors (Lipinski definition) is 8. The van der Waals surface area contributed by atoms with Crippen LogP contribution in [0, 0.1) is 5.82 Å². The number of carbonyl (C=O) groups is 1. The molecule has 6 rings (SSSR count). The van der Waals surface area contributed by atoms with E-state index in [2.05, 4.69) is 26.4 Å². The molecule has 0 unspecified atom stereocenters. The molecule has 3 aromatic heterocycles. The molecule has 254 valence electrons. The lowest BCUT2D eigenvalue weighted by molar-refractivity contribution is -0.137. The summed E-state index contributed by atoms with van der Waals surface area (Å²) in [5.74, 6) is -1.27. The highest BCUT2D eigenvalue weighted by Crippen LogP contribution is 2.32. The van der Waals surface area contributed by atoms with Crippen molar-refractivity contribution in [3.63, 3.8) is 0 Å². The molecule has 1 fully saturated rings. The molecular weight excluding hydrogens is 632 g/mol. The van der Waals surface area contributed by atoms with Gasteiger partial charge in [0.25, 0.3) is 5.56 Å². The van der Waals surface area contributed by atoms with E-state index in [9.17, 15) is 32.3 Å². The standard InChI is InChI=1S/C33H36F4N8O3/c1-2-26-29(43-15-13-42(14-16-43)19-22-11-12-38-18-27(22)46)31(48)45-32(40-30(41-45)21-7-5-3-4-6-8-21)44(26)20-28(47)39-25-10-9-23(17-24(25)34)33(35,36)37/h7,9-12,17-18,46H,2-6,8,13-16,19-20H2,1H3,(H,39,47). The van der Waals surface area contributed by atoms with E-state index in [4.69, 9.17) is 4.98 Å². The Kier molecular flexibility index (Phi) is 9.49. The molecule has 0 radical (unpaired) electrons. The minimum atomic E-state index is -4.73. The van der Waals surface area contributed by atoms with E-state index in [1.165, 1.54) is 10.7 Å². The number of anilines is 2. The molecular formula is C33H36F4N8O3. The van der Waals surface area contributed by atoms with Crippen LogP contribution in [0.2, 0.25) is 0 Å². The Balaban J connectivity index is 1.34. The van der Waals surface area contributed by atoms with Gasteiger partial charge in [0, 0.05) is 44.5 Å². The maximum Gasteiger partial charge on any atom is 0.416 e. The quantitative estimate of drug-likeness (QED) is 0.251. The average Bonchev–Trinajstić information content (AvgIpc) is 3.33. The second-order valence-corrected chi connectivity index (χ2v) is 12.0. The fourth-order valence-electron chi connectivity index (χ4n) is 6.33. The lowest BCUT2D eigenvalue weighted by atomic mass is 10.1. The number of fused-ring (bicyclic) bond motifs is 1. The molecule has 4 aromatic rings. The van der Waals surface area contributed by atoms with E-state index in [0.717, 1.165) is 49.3 Å². The van der Waals surface area contributed by atoms with Crippen molar-refractivity contribution in [1.29, 1.82) is 0 Å². The first-order valence-electron chi connectivity index (χ1n) is 16.0. The van der Waals surface area contributed by atoms with E-state index in [0.29, 0.717) is 68.5 Å². The number of halogens is 4. The normalized spacial score (nSPS) is 16.2. The van der Waals surface area contributed by atoms with E-state index in [1.54, 1.807) is 16.8 Å². The van der Waals surface area contributed by atoms with Gasteiger partial charge in [0.15, 0.2) is 5.82 Å². The molecule has 1 aliphatic heterocycles. The number of benzene rings is 1. The second kappa shape index (κ2) is 13.7. The predicted octanol–water partition coefficient (Wildman–Crippen LogP) is 5.02. The number of carbonyl (C=O) groups excluding carboxylic acids is 1. The molecule has 2 N–H and O–H groups in total. The van der Waals surface area contributed by atoms with Crippen LogP contribution in [0.5, 0.6) is 5.75 Å². The summed E-state index contributed by atoms with van der Waals surface area (Å²) in [5.41, 5.74) is 0.632. The molecule has 0 atom stereocenters. The van der Waals surface area contributed by atoms with E-state index >= 15 is 0 Å². The molecule has 1 saturated heterocycles. The Hall–Kier alpha value is -4.79. The number of aromatic hydroxyl groups is 1. The first-order valence-corrected chi connectivity index (χ1v) is 16.0. The van der Waals surface area contributed by atoms with E-state index in [-0.39, 0.29) is 23.6 Å². The van der Waals surface area contributed by atoms with Crippen molar-refractivity contribution >= 4 is 28.6 Å². The Morgan fingerprint density at radius 1 is 1.08 bits per heavy atom. The van der Waals surface area contributed by atoms with Gasteiger partial charge in [-0.05, 0) is 61.9 Å². The number of alkyl halides is 3. The van der Waals surface area contributed by atoms with Crippen LogP contribution < -0.4 is 15.8 Å². The molecule has 11 nitrogen and oxygen atoms in total. The third kappa shape index (κ3) is 6.91. The lowest BCUT2D eigenvalue weighted by Gasteiger charge is -2.36. The zero-order chi connectivity index (χ0) is 34.0. The second-order valence-electron chi connectivity index (χ2n) is 12.0. The van der Waals surface area contributed by atoms with E-state index in [1.807, 2.05) is 11.8 Å². The predicted molar refractivity (Wildman–Crippen MR) is 171 cm³/mol. The van der Waals surface area contributed by atoms with Gasteiger partial charge in [0.2, 0.25) is 11.7 Å². The molecule has 0 spiro atoms. The van der Waals surface area contributed by atoms with Gasteiger partial charge in [0.05, 0.1) is 23.1 Å². The summed E-state index contributed by atoms with van der Waals surface area (Å²) in [6, 6.07) is 3.68. The third-order valence-electron chi connectivity index (χ3n) is 8.83. The van der Waals surface area contributed by atoms with Gasteiger partial charge in [-0.25, -0.2) is 4.39 Å². The number of amides is 1. The first kappa shape index (κ1) is 33.1. The average molecular weight is 669 g/mol. The van der Waals surface area contributed by atoms with Crippen LogP contribution in [0.1, 0.15) is 61.7 Å². The Morgan fingerprint density at radius 2 is 1.88 bits per heavy atom. The summed E-state index contributed by atoms with van der Waals surface area (Å²) in [6.07, 6.45) is 5.40. The molecule has 0 bridgehead atoms. The van der Waals surface area contributed by atoms with Crippen LogP contribution in [0.15, 0.2) is 47.5 Å². The van der Waals surface area contributed by atoms with Crippen LogP contribution in [0.4, 0.5) is 28.9 Å². The van der Waals surface area contributed by atoms with Gasteiger partial charge < -0.3 is 19.9 Å². The minimum Gasteiger partial charge on any atom is -0.506 e. The Morgan fingerprint density at radius 3 is 2.58 bits per heavy atom. The van der Waals surface area contributed by atoms with Gasteiger partial charge in [-0.3, -0.25) is 19.5 Å². The van der Waals surface area contributed by atoms with Gasteiger partial charge in [-0.1, -0.05) is 19.4 Å². The summed E-state index contributed by atoms with van der Waals surface area (Å²) >= 11 is 0. The van der Waals surface area contributed by atoms with Crippen molar-refractivity contribution < 1.29 is 27.5 Å². The summed E-state index contributed by atoms with van der Waals surface area (Å²) in [4.78, 5) is 40.3. The zero-order valence-electron chi connectivity index (χ0n) is 26.4. The molecule has 2 aliphatic rings. The van der Waals surface area contributed by atoms with E-state index < -0.39 is 29.2 Å². The van der Waals surface area contributed by atoms with Gasteiger partial charge >= 0.3 is 6.18 Å². The number of nitrogens with one attached hydrogen (secondary N) is 1. The highest BCUT2D eigenvalue weighted by Gasteiger charge is 2.32. The van der Waals surface area contributed by atoms with Crippen molar-refractivity contribution in [1.82, 2.24) is 29.0 Å². The first-order chi connectivity index (χ1) is 23.0. The lowest BCUT2D eigenvalue weighted by Crippen LogP contribution is -2.48. The zero-order valence-corrected chi connectivity index (χ0v) is 26.4. The smallest absolute Gasteiger partial charge is 0.416 e. The van der Waals surface area contributed by atoms with Crippen molar-refractivity contribution in [2.75, 3.05) is 36.4 Å². The van der Waals surface area contributed by atoms with Gasteiger partial charge in [-0.2, -0.15) is 22.7 Å². The number of allylic oxidation sites excluding steroid dienone is 2. The molecule has 15 heteroatoms. The summed E-state index contributed by atoms with van der Waals surface area (Å²) in [6.45, 7) is 4.11. The monoisotopic (exact) mass is 668 g/mol. The number of pyridine rings is 1. The SMILES string of the molecule is CCc1c(N2CCN(Cc3ccncc3O)CC2)c(=O)n2nc(C3=CCCCCC3)nc2n1CC(=O)Nc1ccc(C(F)(F)F)cc1F. The van der Waals surface area contributed by atoms with Crippen molar-refractivity contribution in [3.8, 4) is 5.75 Å². The molecule has 1 aliphatic carbocycles. The molecule has 48 heavy (non-hydrogen) atoms. The van der Waals surface area contributed by atoms with Gasteiger partial charge in [0.1, 0.15) is 23.8 Å². The maximum absolute atomic E-state index is 14.6. The fourth-order valence-corrected chi connectivity index (χ4v) is 6.33. The number of rotatable bonds is 8. The Labute approximate surface area is 273 Å². The summed E-state index contributed by atoms with van der Waals surface area (Å²) in [7, 11) is 0. The highest BCUT2D eigenvalue weighted by atomic mass is 19.4. The molecule has 0 saturated carbocycles. The number of aromatic nitrogens is 5. The number of piperazine rings is 1. The van der Waals surface area contributed by atoms with Crippen LogP contribution in [-0.2, 0) is 30.5 Å². The van der Waals surface area contributed by atoms with Crippen LogP contribution in [-0.4, -0.2) is 66.2 Å². The Bertz CT molecular complexity index is 1910. The summed E-state index contributed by atoms with van der Waals surface area (Å²) in [5, 5.41) is 17.2. The number of nitrogens with zero attached hydrogens (tertiary/aromatic N) is 7. The highest BCUT2D eigenvalue weighted by molar-refractivity contribution is 5.91. The van der Waals surface area contributed by atoms with Crippen LogP contribution >= 0.6 is 0 Å². The van der Waals surface area contributed by atoms with Crippen molar-refractivity contribution in [3.05, 3.63) is 81.6 Å². The topological polar surface area (TPSA) is 121 Å².